The summed E-state index contributed by atoms with van der Waals surface area (Å²) in [7, 11) is 0. The van der Waals surface area contributed by atoms with Crippen molar-refractivity contribution in [2.75, 3.05) is 6.26 Å². The maximum Gasteiger partial charge on any atom is 0.132 e. The van der Waals surface area contributed by atoms with Gasteiger partial charge in [0.05, 0.1) is 0 Å². The molecular weight excluding hydrogens is 168 g/mol. The predicted octanol–water partition coefficient (Wildman–Crippen LogP) is 3.24. The van der Waals surface area contributed by atoms with Gasteiger partial charge in [0.1, 0.15) is 5.75 Å². The Bertz CT molecular complexity index is 269. The molecule has 0 atom stereocenters. The van der Waals surface area contributed by atoms with Gasteiger partial charge in [-0.1, -0.05) is 26.0 Å². The molecule has 0 amide bonds. The Balaban J connectivity index is 3.14. The Labute approximate surface area is 77.8 Å². The molecule has 1 rings (SSSR count). The smallest absolute Gasteiger partial charge is 0.132 e. The van der Waals surface area contributed by atoms with Crippen LogP contribution in [-0.2, 0) is 0 Å². The lowest BCUT2D eigenvalue weighted by Gasteiger charge is -2.10. The summed E-state index contributed by atoms with van der Waals surface area (Å²) in [6.45, 7) is 4.16. The number of thioether (sulfide) groups is 1. The van der Waals surface area contributed by atoms with E-state index in [4.69, 9.17) is 0 Å². The Hall–Kier alpha value is -0.630. The molecule has 1 aromatic rings. The van der Waals surface area contributed by atoms with Crippen molar-refractivity contribution in [2.24, 2.45) is 0 Å². The minimum absolute atomic E-state index is 0.386. The third-order valence-electron chi connectivity index (χ3n) is 1.87. The average Bonchev–Trinajstić information content (AvgIpc) is 2.04. The van der Waals surface area contributed by atoms with Gasteiger partial charge >= 0.3 is 0 Å². The first-order valence-corrected chi connectivity index (χ1v) is 5.25. The second kappa shape index (κ2) is 3.85. The van der Waals surface area contributed by atoms with E-state index in [9.17, 15) is 5.11 Å². The summed E-state index contributed by atoms with van der Waals surface area (Å²) in [6, 6.07) is 5.90. The van der Waals surface area contributed by atoms with Gasteiger partial charge in [-0.2, -0.15) is 0 Å². The number of benzene rings is 1. The van der Waals surface area contributed by atoms with Gasteiger partial charge in [0.15, 0.2) is 0 Å². The lowest BCUT2D eigenvalue weighted by atomic mass is 10.0. The fourth-order valence-corrected chi connectivity index (χ4v) is 1.70. The molecule has 0 heterocycles. The molecule has 1 N–H and O–H groups in total. The molecule has 0 fully saturated rings. The Morgan fingerprint density at radius 1 is 1.33 bits per heavy atom. The summed E-state index contributed by atoms with van der Waals surface area (Å²) in [5, 5.41) is 9.74. The topological polar surface area (TPSA) is 20.2 Å². The van der Waals surface area contributed by atoms with Gasteiger partial charge in [-0.3, -0.25) is 0 Å². The first kappa shape index (κ1) is 9.46. The zero-order valence-corrected chi connectivity index (χ0v) is 8.48. The second-order valence-corrected chi connectivity index (χ2v) is 3.90. The zero-order valence-electron chi connectivity index (χ0n) is 7.66. The minimum atomic E-state index is 0.386. The number of aromatic hydroxyl groups is 1. The number of hydrogen-bond donors (Lipinski definition) is 1. The summed E-state index contributed by atoms with van der Waals surface area (Å²) in [4.78, 5) is 0.959. The molecule has 0 aliphatic carbocycles. The van der Waals surface area contributed by atoms with E-state index in [0.717, 1.165) is 10.5 Å². The van der Waals surface area contributed by atoms with E-state index in [-0.39, 0.29) is 0 Å². The number of phenols is 1. The highest BCUT2D eigenvalue weighted by atomic mass is 32.2. The van der Waals surface area contributed by atoms with Crippen molar-refractivity contribution in [1.82, 2.24) is 0 Å². The monoisotopic (exact) mass is 182 g/mol. The Kier molecular flexibility index (Phi) is 3.04. The van der Waals surface area contributed by atoms with Crippen molar-refractivity contribution in [2.45, 2.75) is 24.7 Å². The van der Waals surface area contributed by atoms with Crippen LogP contribution in [0.2, 0.25) is 0 Å². The van der Waals surface area contributed by atoms with Crippen molar-refractivity contribution < 1.29 is 5.11 Å². The van der Waals surface area contributed by atoms with E-state index in [0.29, 0.717) is 11.7 Å². The van der Waals surface area contributed by atoms with Gasteiger partial charge in [-0.15, -0.1) is 11.8 Å². The van der Waals surface area contributed by atoms with Crippen LogP contribution in [0, 0.1) is 0 Å². The highest BCUT2D eigenvalue weighted by molar-refractivity contribution is 7.98. The maximum atomic E-state index is 9.74. The molecule has 12 heavy (non-hydrogen) atoms. The molecule has 1 aromatic carbocycles. The molecule has 0 aromatic heterocycles. The van der Waals surface area contributed by atoms with E-state index in [2.05, 4.69) is 13.8 Å². The lowest BCUT2D eigenvalue weighted by Crippen LogP contribution is -1.88. The first-order chi connectivity index (χ1) is 5.66. The van der Waals surface area contributed by atoms with E-state index >= 15 is 0 Å². The van der Waals surface area contributed by atoms with Crippen LogP contribution in [0.3, 0.4) is 0 Å². The minimum Gasteiger partial charge on any atom is -0.506 e. The molecule has 0 saturated carbocycles. The quantitative estimate of drug-likeness (QED) is 0.708. The van der Waals surface area contributed by atoms with Crippen molar-refractivity contribution in [1.29, 1.82) is 0 Å². The van der Waals surface area contributed by atoms with Crippen LogP contribution in [0.15, 0.2) is 23.1 Å². The molecule has 0 aliphatic heterocycles. The summed E-state index contributed by atoms with van der Waals surface area (Å²) in [5.74, 6) is 0.831. The molecule has 0 unspecified atom stereocenters. The van der Waals surface area contributed by atoms with Gasteiger partial charge in [0, 0.05) is 4.90 Å². The number of rotatable bonds is 2. The average molecular weight is 182 g/mol. The molecule has 1 nitrogen and oxygen atoms in total. The van der Waals surface area contributed by atoms with E-state index < -0.39 is 0 Å². The van der Waals surface area contributed by atoms with Gasteiger partial charge < -0.3 is 5.11 Å². The number of hydrogen-bond acceptors (Lipinski definition) is 2. The van der Waals surface area contributed by atoms with Gasteiger partial charge in [-0.05, 0) is 23.8 Å². The van der Waals surface area contributed by atoms with Crippen molar-refractivity contribution in [3.63, 3.8) is 0 Å². The zero-order chi connectivity index (χ0) is 9.14. The van der Waals surface area contributed by atoms with Crippen LogP contribution < -0.4 is 0 Å². The van der Waals surface area contributed by atoms with Gasteiger partial charge in [0.2, 0.25) is 0 Å². The fraction of sp³-hybridized carbons (Fsp3) is 0.400. The highest BCUT2D eigenvalue weighted by Crippen LogP contribution is 2.33. The molecule has 0 aliphatic rings. The summed E-state index contributed by atoms with van der Waals surface area (Å²) < 4.78 is 0. The van der Waals surface area contributed by atoms with Gasteiger partial charge in [0.25, 0.3) is 0 Å². The van der Waals surface area contributed by atoms with E-state index in [1.165, 1.54) is 0 Å². The van der Waals surface area contributed by atoms with Gasteiger partial charge in [-0.25, -0.2) is 0 Å². The molecule has 2 heteroatoms. The first-order valence-electron chi connectivity index (χ1n) is 4.02. The lowest BCUT2D eigenvalue weighted by molar-refractivity contribution is 0.452. The third-order valence-corrected chi connectivity index (χ3v) is 2.64. The predicted molar refractivity (Wildman–Crippen MR) is 54.0 cm³/mol. The summed E-state index contributed by atoms with van der Waals surface area (Å²) in [5.41, 5.74) is 1.03. The number of phenolic OH excluding ortho intramolecular Hbond substituents is 1. The van der Waals surface area contributed by atoms with Crippen LogP contribution in [-0.4, -0.2) is 11.4 Å². The van der Waals surface area contributed by atoms with Crippen LogP contribution in [0.1, 0.15) is 25.3 Å². The second-order valence-electron chi connectivity index (χ2n) is 3.05. The van der Waals surface area contributed by atoms with Crippen molar-refractivity contribution in [3.8, 4) is 5.75 Å². The van der Waals surface area contributed by atoms with Crippen molar-refractivity contribution >= 4 is 11.8 Å². The standard InChI is InChI=1S/C10H14OS/c1-7(2)8-5-4-6-9(12-3)10(8)11/h4-7,11H,1-3H3. The van der Waals surface area contributed by atoms with E-state index in [1.54, 1.807) is 11.8 Å². The summed E-state index contributed by atoms with van der Waals surface area (Å²) in [6.07, 6.45) is 1.97. The molecule has 0 spiro atoms. The van der Waals surface area contributed by atoms with Crippen LogP contribution in [0.5, 0.6) is 5.75 Å². The largest absolute Gasteiger partial charge is 0.506 e. The number of para-hydroxylation sites is 1. The molecular formula is C10H14OS. The SMILES string of the molecule is CSc1cccc(C(C)C)c1O. The molecule has 0 bridgehead atoms. The molecule has 66 valence electrons. The Morgan fingerprint density at radius 3 is 2.50 bits per heavy atom. The normalized spacial score (nSPS) is 10.7. The molecule has 0 saturated heterocycles. The maximum absolute atomic E-state index is 9.74. The van der Waals surface area contributed by atoms with Crippen LogP contribution in [0.4, 0.5) is 0 Å². The Morgan fingerprint density at radius 2 is 2.00 bits per heavy atom. The third kappa shape index (κ3) is 1.75. The molecule has 0 radical (unpaired) electrons. The van der Waals surface area contributed by atoms with Crippen LogP contribution in [0.25, 0.3) is 0 Å². The summed E-state index contributed by atoms with van der Waals surface area (Å²) >= 11 is 1.58. The van der Waals surface area contributed by atoms with Crippen molar-refractivity contribution in [3.05, 3.63) is 23.8 Å². The van der Waals surface area contributed by atoms with Crippen LogP contribution >= 0.6 is 11.8 Å². The highest BCUT2D eigenvalue weighted by Gasteiger charge is 2.08. The van der Waals surface area contributed by atoms with E-state index in [1.807, 2.05) is 24.5 Å². The fourth-order valence-electron chi connectivity index (χ4n) is 1.17.